The van der Waals surface area contributed by atoms with Crippen LogP contribution in [-0.4, -0.2) is 22.9 Å². The lowest BCUT2D eigenvalue weighted by atomic mass is 10.1. The minimum atomic E-state index is -0.757. The van der Waals surface area contributed by atoms with E-state index in [0.29, 0.717) is 5.75 Å². The number of aryl methyl sites for hydroxylation is 2. The van der Waals surface area contributed by atoms with Crippen molar-refractivity contribution in [3.8, 4) is 5.75 Å². The van der Waals surface area contributed by atoms with Crippen LogP contribution < -0.4 is 15.6 Å². The van der Waals surface area contributed by atoms with Crippen LogP contribution in [0.15, 0.2) is 46.9 Å². The highest BCUT2D eigenvalue weighted by molar-refractivity contribution is 9.10. The van der Waals surface area contributed by atoms with Crippen LogP contribution in [0, 0.1) is 13.8 Å². The molecule has 1 unspecified atom stereocenters. The zero-order valence-electron chi connectivity index (χ0n) is 15.9. The van der Waals surface area contributed by atoms with Gasteiger partial charge in [-0.1, -0.05) is 33.6 Å². The molecule has 0 aliphatic heterocycles. The van der Waals surface area contributed by atoms with E-state index >= 15 is 0 Å². The highest BCUT2D eigenvalue weighted by Gasteiger charge is 2.17. The average molecular weight is 444 g/mol. The fourth-order valence-electron chi connectivity index (χ4n) is 2.96. The number of hydrogen-bond donors (Lipinski definition) is 3. The van der Waals surface area contributed by atoms with E-state index in [2.05, 4.69) is 31.8 Å². The molecule has 3 aromatic rings. The van der Waals surface area contributed by atoms with E-state index in [1.165, 1.54) is 0 Å². The van der Waals surface area contributed by atoms with Gasteiger partial charge in [0.25, 0.3) is 5.91 Å². The number of hydrogen-bond acceptors (Lipinski definition) is 3. The predicted molar refractivity (Wildman–Crippen MR) is 112 cm³/mol. The Morgan fingerprint density at radius 1 is 1.14 bits per heavy atom. The minimum absolute atomic E-state index is 0.163. The Morgan fingerprint density at radius 3 is 2.68 bits per heavy atom. The Labute approximate surface area is 171 Å². The number of rotatable bonds is 5. The zero-order chi connectivity index (χ0) is 20.3. The van der Waals surface area contributed by atoms with Crippen molar-refractivity contribution in [3.05, 3.63) is 63.8 Å². The molecule has 0 aliphatic rings. The predicted octanol–water partition coefficient (Wildman–Crippen LogP) is 3.70. The maximum absolute atomic E-state index is 12.3. The molecular formula is C21H22BrN3O3. The molecule has 1 atom stereocenters. The molecule has 146 valence electrons. The summed E-state index contributed by atoms with van der Waals surface area (Å²) in [4.78, 5) is 27.8. The van der Waals surface area contributed by atoms with Gasteiger partial charge in [-0.15, -0.1) is 0 Å². The Morgan fingerprint density at radius 2 is 1.93 bits per heavy atom. The lowest BCUT2D eigenvalue weighted by Gasteiger charge is -2.15. The summed E-state index contributed by atoms with van der Waals surface area (Å²) in [6.45, 7) is 5.57. The van der Waals surface area contributed by atoms with E-state index in [1.807, 2.05) is 44.2 Å². The quantitative estimate of drug-likeness (QED) is 0.525. The number of nitrogens with one attached hydrogen (secondary N) is 3. The molecule has 3 N–H and O–H groups in total. The van der Waals surface area contributed by atoms with E-state index in [1.54, 1.807) is 19.1 Å². The van der Waals surface area contributed by atoms with Crippen LogP contribution in [0.5, 0.6) is 5.75 Å². The second kappa shape index (κ2) is 8.48. The number of amides is 2. The fourth-order valence-corrected chi connectivity index (χ4v) is 3.34. The molecule has 3 rings (SSSR count). The molecule has 0 bridgehead atoms. The van der Waals surface area contributed by atoms with Crippen molar-refractivity contribution in [2.45, 2.75) is 33.3 Å². The topological polar surface area (TPSA) is 83.2 Å². The smallest absolute Gasteiger partial charge is 0.279 e. The lowest BCUT2D eigenvalue weighted by molar-refractivity contribution is -0.132. The van der Waals surface area contributed by atoms with Gasteiger partial charge in [-0.2, -0.15) is 0 Å². The van der Waals surface area contributed by atoms with Crippen LogP contribution in [0.4, 0.5) is 0 Å². The molecule has 28 heavy (non-hydrogen) atoms. The molecule has 0 radical (unpaired) electrons. The van der Waals surface area contributed by atoms with Gasteiger partial charge in [0.2, 0.25) is 5.91 Å². The van der Waals surface area contributed by atoms with Crippen molar-refractivity contribution in [2.24, 2.45) is 0 Å². The molecule has 1 heterocycles. The number of fused-ring (bicyclic) bond motifs is 1. The van der Waals surface area contributed by atoms with E-state index < -0.39 is 12.0 Å². The molecule has 0 spiro atoms. The first-order valence-corrected chi connectivity index (χ1v) is 9.71. The van der Waals surface area contributed by atoms with Crippen molar-refractivity contribution >= 4 is 38.6 Å². The van der Waals surface area contributed by atoms with Crippen molar-refractivity contribution < 1.29 is 14.3 Å². The molecule has 1 aromatic heterocycles. The molecule has 2 aromatic carbocycles. The van der Waals surface area contributed by atoms with Gasteiger partial charge in [0.15, 0.2) is 6.10 Å². The zero-order valence-corrected chi connectivity index (χ0v) is 17.5. The molecule has 7 heteroatoms. The number of carbonyl (C=O) groups is 2. The normalized spacial score (nSPS) is 11.9. The largest absolute Gasteiger partial charge is 0.481 e. The third-order valence-electron chi connectivity index (χ3n) is 4.42. The summed E-state index contributed by atoms with van der Waals surface area (Å²) in [6.07, 6.45) is -0.594. The van der Waals surface area contributed by atoms with Gasteiger partial charge in [-0.25, -0.2) is 0 Å². The van der Waals surface area contributed by atoms with Crippen molar-refractivity contribution in [3.63, 3.8) is 0 Å². The molecule has 2 amide bonds. The maximum atomic E-state index is 12.3. The van der Waals surface area contributed by atoms with Crippen LogP contribution in [0.3, 0.4) is 0 Å². The third-order valence-corrected chi connectivity index (χ3v) is 4.91. The van der Waals surface area contributed by atoms with Crippen LogP contribution in [-0.2, 0) is 16.0 Å². The summed E-state index contributed by atoms with van der Waals surface area (Å²) in [6, 6.07) is 13.3. The first kappa shape index (κ1) is 19.9. The fraction of sp³-hybridized carbons (Fsp3) is 0.238. The number of benzene rings is 2. The van der Waals surface area contributed by atoms with Crippen molar-refractivity contribution in [1.29, 1.82) is 0 Å². The number of aromatic amines is 1. The molecular weight excluding hydrogens is 422 g/mol. The Balaban J connectivity index is 1.57. The van der Waals surface area contributed by atoms with Gasteiger partial charge in [0.1, 0.15) is 5.75 Å². The molecule has 6 nitrogen and oxygen atoms in total. The van der Waals surface area contributed by atoms with Crippen LogP contribution in [0.2, 0.25) is 0 Å². The second-order valence-corrected chi connectivity index (χ2v) is 7.62. The minimum Gasteiger partial charge on any atom is -0.481 e. The number of ether oxygens (including phenoxy) is 1. The van der Waals surface area contributed by atoms with Gasteiger partial charge in [0, 0.05) is 21.1 Å². The molecule has 0 saturated heterocycles. The Hall–Kier alpha value is -2.80. The average Bonchev–Trinajstić information content (AvgIpc) is 2.94. The summed E-state index contributed by atoms with van der Waals surface area (Å²) in [7, 11) is 0. The molecule has 0 saturated carbocycles. The Bertz CT molecular complexity index is 1030. The summed E-state index contributed by atoms with van der Waals surface area (Å²) >= 11 is 3.35. The van der Waals surface area contributed by atoms with Gasteiger partial charge in [0.05, 0.1) is 6.42 Å². The highest BCUT2D eigenvalue weighted by Crippen LogP contribution is 2.23. The first-order chi connectivity index (χ1) is 13.3. The highest BCUT2D eigenvalue weighted by atomic mass is 79.9. The van der Waals surface area contributed by atoms with Crippen molar-refractivity contribution in [1.82, 2.24) is 15.8 Å². The maximum Gasteiger partial charge on any atom is 0.279 e. The van der Waals surface area contributed by atoms with Crippen LogP contribution in [0.1, 0.15) is 23.7 Å². The monoisotopic (exact) mass is 443 g/mol. The molecule has 0 fully saturated rings. The van der Waals surface area contributed by atoms with E-state index in [-0.39, 0.29) is 12.3 Å². The summed E-state index contributed by atoms with van der Waals surface area (Å²) in [5.74, 6) is -0.165. The number of H-pyrrole nitrogens is 1. The number of aromatic nitrogens is 1. The number of halogens is 1. The van der Waals surface area contributed by atoms with E-state index in [0.717, 1.165) is 32.2 Å². The Kier molecular flexibility index (Phi) is 6.04. The lowest BCUT2D eigenvalue weighted by Crippen LogP contribution is -2.47. The van der Waals surface area contributed by atoms with Gasteiger partial charge < -0.3 is 9.72 Å². The number of hydrazine groups is 1. The number of carbonyl (C=O) groups excluding carboxylic acids is 2. The third kappa shape index (κ3) is 4.72. The molecule has 0 aliphatic carbocycles. The van der Waals surface area contributed by atoms with Gasteiger partial charge in [-0.3, -0.25) is 20.4 Å². The van der Waals surface area contributed by atoms with Crippen LogP contribution in [0.25, 0.3) is 10.9 Å². The first-order valence-electron chi connectivity index (χ1n) is 8.92. The summed E-state index contributed by atoms with van der Waals surface area (Å²) in [5.41, 5.74) is 8.86. The standard InChI is InChI=1S/C21H22BrN3O3/c1-12-7-8-19-18(9-12)17(13(2)23-19)11-20(26)24-25-21(27)14(3)28-16-6-4-5-15(22)10-16/h4-10,14,23H,11H2,1-3H3,(H,24,26)(H,25,27). The SMILES string of the molecule is Cc1ccc2[nH]c(C)c(CC(=O)NNC(=O)C(C)Oc3cccc(Br)c3)c2c1. The summed E-state index contributed by atoms with van der Waals surface area (Å²) < 4.78 is 6.44. The van der Waals surface area contributed by atoms with E-state index in [4.69, 9.17) is 4.74 Å². The summed E-state index contributed by atoms with van der Waals surface area (Å²) in [5, 5.41) is 1.02. The van der Waals surface area contributed by atoms with Crippen molar-refractivity contribution in [2.75, 3.05) is 0 Å². The van der Waals surface area contributed by atoms with Gasteiger partial charge >= 0.3 is 0 Å². The van der Waals surface area contributed by atoms with Gasteiger partial charge in [-0.05, 0) is 56.7 Å². The van der Waals surface area contributed by atoms with E-state index in [9.17, 15) is 9.59 Å². The van der Waals surface area contributed by atoms with Crippen LogP contribution >= 0.6 is 15.9 Å². The second-order valence-electron chi connectivity index (χ2n) is 6.71.